The Bertz CT molecular complexity index is 440. The molecule has 2 saturated carbocycles. The summed E-state index contributed by atoms with van der Waals surface area (Å²) in [6, 6.07) is 8.62. The molecule has 2 bridgehead atoms. The molecule has 0 amide bonds. The lowest BCUT2D eigenvalue weighted by Crippen LogP contribution is -2.24. The molecule has 90 valence electrons. The van der Waals surface area contributed by atoms with Gasteiger partial charge in [0.25, 0.3) is 0 Å². The molecule has 2 fully saturated rings. The van der Waals surface area contributed by atoms with Crippen molar-refractivity contribution in [2.24, 2.45) is 17.0 Å². The predicted octanol–water partition coefficient (Wildman–Crippen LogP) is 3.72. The molecule has 2 nitrogen and oxygen atoms in total. The second-order valence-electron chi connectivity index (χ2n) is 5.15. The fourth-order valence-corrected chi connectivity index (χ4v) is 4.48. The highest BCUT2D eigenvalue weighted by Crippen LogP contribution is 2.49. The van der Waals surface area contributed by atoms with Crippen LogP contribution in [0.3, 0.4) is 0 Å². The molecule has 17 heavy (non-hydrogen) atoms. The SMILES string of the molecule is Cc1ccc(SC2/C(=N\O)C3CCC2C3)cc1. The number of hydrogen-bond donors (Lipinski definition) is 1. The van der Waals surface area contributed by atoms with E-state index in [4.69, 9.17) is 5.21 Å². The summed E-state index contributed by atoms with van der Waals surface area (Å²) in [7, 11) is 0. The van der Waals surface area contributed by atoms with E-state index in [1.54, 1.807) is 0 Å². The topological polar surface area (TPSA) is 32.6 Å². The quantitative estimate of drug-likeness (QED) is 0.638. The monoisotopic (exact) mass is 247 g/mol. The highest BCUT2D eigenvalue weighted by atomic mass is 32.2. The van der Waals surface area contributed by atoms with Crippen LogP contribution in [0, 0.1) is 18.8 Å². The standard InChI is InChI=1S/C14H17NOS/c1-9-2-6-12(7-3-9)17-14-11-5-4-10(8-11)13(14)15-16/h2-3,6-7,10-11,14,16H,4-5,8H2,1H3/b15-13-. The van der Waals surface area contributed by atoms with Crippen LogP contribution in [-0.2, 0) is 0 Å². The number of nitrogens with zero attached hydrogens (tertiary/aromatic N) is 1. The molecular weight excluding hydrogens is 230 g/mol. The molecule has 3 unspecified atom stereocenters. The first-order valence-corrected chi connectivity index (χ1v) is 7.11. The maximum Gasteiger partial charge on any atom is 0.0737 e. The highest BCUT2D eigenvalue weighted by molar-refractivity contribution is 8.00. The van der Waals surface area contributed by atoms with Gasteiger partial charge in [0.1, 0.15) is 0 Å². The third-order valence-corrected chi connectivity index (χ3v) is 5.44. The molecular formula is C14H17NOS. The summed E-state index contributed by atoms with van der Waals surface area (Å²) in [4.78, 5) is 1.29. The van der Waals surface area contributed by atoms with Gasteiger partial charge in [0.05, 0.1) is 11.0 Å². The molecule has 1 aromatic rings. The minimum absolute atomic E-state index is 0.404. The predicted molar refractivity (Wildman–Crippen MR) is 70.9 cm³/mol. The van der Waals surface area contributed by atoms with E-state index in [0.29, 0.717) is 11.2 Å². The molecule has 3 atom stereocenters. The number of hydrogen-bond acceptors (Lipinski definition) is 3. The van der Waals surface area contributed by atoms with Crippen LogP contribution in [0.5, 0.6) is 0 Å². The van der Waals surface area contributed by atoms with Crippen molar-refractivity contribution < 1.29 is 5.21 Å². The van der Waals surface area contributed by atoms with E-state index in [-0.39, 0.29) is 0 Å². The first-order chi connectivity index (χ1) is 8.28. The van der Waals surface area contributed by atoms with Gasteiger partial charge < -0.3 is 5.21 Å². The summed E-state index contributed by atoms with van der Waals surface area (Å²) < 4.78 is 0. The minimum atomic E-state index is 0.404. The number of fused-ring (bicyclic) bond motifs is 2. The lowest BCUT2D eigenvalue weighted by atomic mass is 9.98. The first kappa shape index (κ1) is 11.1. The maximum atomic E-state index is 9.16. The number of aryl methyl sites for hydroxylation is 1. The molecule has 1 aromatic carbocycles. The van der Waals surface area contributed by atoms with Gasteiger partial charge in [-0.05, 0) is 44.2 Å². The molecule has 1 N–H and O–H groups in total. The highest BCUT2D eigenvalue weighted by Gasteiger charge is 2.45. The number of benzene rings is 1. The molecule has 0 aliphatic heterocycles. The Kier molecular flexibility index (Phi) is 2.87. The summed E-state index contributed by atoms with van der Waals surface area (Å²) in [5.41, 5.74) is 2.32. The zero-order valence-corrected chi connectivity index (χ0v) is 10.8. The van der Waals surface area contributed by atoms with E-state index in [2.05, 4.69) is 36.3 Å². The van der Waals surface area contributed by atoms with Crippen molar-refractivity contribution >= 4 is 17.5 Å². The summed E-state index contributed by atoms with van der Waals surface area (Å²) >= 11 is 1.86. The molecule has 0 spiro atoms. The largest absolute Gasteiger partial charge is 0.411 e. The van der Waals surface area contributed by atoms with Crippen LogP contribution in [0.25, 0.3) is 0 Å². The molecule has 0 heterocycles. The summed E-state index contributed by atoms with van der Waals surface area (Å²) in [5.74, 6) is 1.27. The minimum Gasteiger partial charge on any atom is -0.411 e. The number of thioether (sulfide) groups is 1. The Hall–Kier alpha value is -0.960. The van der Waals surface area contributed by atoms with Gasteiger partial charge in [0, 0.05) is 10.8 Å². The molecule has 0 aromatic heterocycles. The van der Waals surface area contributed by atoms with E-state index < -0.39 is 0 Å². The Balaban J connectivity index is 1.79. The third kappa shape index (κ3) is 1.97. The van der Waals surface area contributed by atoms with Crippen molar-refractivity contribution in [3.63, 3.8) is 0 Å². The average molecular weight is 247 g/mol. The lowest BCUT2D eigenvalue weighted by molar-refractivity contribution is 0.314. The van der Waals surface area contributed by atoms with Crippen molar-refractivity contribution in [3.8, 4) is 0 Å². The van der Waals surface area contributed by atoms with Gasteiger partial charge in [-0.1, -0.05) is 22.9 Å². The fraction of sp³-hybridized carbons (Fsp3) is 0.500. The second-order valence-corrected chi connectivity index (χ2v) is 6.36. The van der Waals surface area contributed by atoms with Crippen molar-refractivity contribution in [2.75, 3.05) is 0 Å². The zero-order chi connectivity index (χ0) is 11.8. The van der Waals surface area contributed by atoms with Crippen LogP contribution < -0.4 is 0 Å². The molecule has 0 saturated heterocycles. The van der Waals surface area contributed by atoms with Crippen LogP contribution >= 0.6 is 11.8 Å². The van der Waals surface area contributed by atoms with E-state index >= 15 is 0 Å². The summed E-state index contributed by atoms with van der Waals surface area (Å²) in [6.45, 7) is 2.10. The second kappa shape index (κ2) is 4.37. The normalized spacial score (nSPS) is 33.5. The van der Waals surface area contributed by atoms with E-state index in [9.17, 15) is 0 Å². The summed E-state index contributed by atoms with van der Waals surface area (Å²) in [6.07, 6.45) is 3.74. The van der Waals surface area contributed by atoms with Gasteiger partial charge in [-0.2, -0.15) is 0 Å². The molecule has 0 radical (unpaired) electrons. The zero-order valence-electron chi connectivity index (χ0n) is 9.97. The first-order valence-electron chi connectivity index (χ1n) is 6.23. The smallest absolute Gasteiger partial charge is 0.0737 e. The van der Waals surface area contributed by atoms with Crippen LogP contribution in [0.1, 0.15) is 24.8 Å². The summed E-state index contributed by atoms with van der Waals surface area (Å²) in [5, 5.41) is 13.1. The van der Waals surface area contributed by atoms with Gasteiger partial charge in [0.2, 0.25) is 0 Å². The van der Waals surface area contributed by atoms with Gasteiger partial charge in [0.15, 0.2) is 0 Å². The average Bonchev–Trinajstić information content (AvgIpc) is 2.92. The van der Waals surface area contributed by atoms with E-state index in [1.807, 2.05) is 11.8 Å². The molecule has 3 rings (SSSR count). The van der Waals surface area contributed by atoms with E-state index in [1.165, 1.54) is 29.7 Å². The Morgan fingerprint density at radius 3 is 2.71 bits per heavy atom. The van der Waals surface area contributed by atoms with Crippen LogP contribution in [-0.4, -0.2) is 16.2 Å². The van der Waals surface area contributed by atoms with Gasteiger partial charge in [-0.3, -0.25) is 0 Å². The Labute approximate surface area is 106 Å². The third-order valence-electron chi connectivity index (χ3n) is 4.01. The molecule has 3 heteroatoms. The van der Waals surface area contributed by atoms with Gasteiger partial charge in [-0.25, -0.2) is 0 Å². The van der Waals surface area contributed by atoms with Crippen LogP contribution in [0.15, 0.2) is 34.3 Å². The lowest BCUT2D eigenvalue weighted by Gasteiger charge is -2.22. The number of oxime groups is 1. The fourth-order valence-electron chi connectivity index (χ4n) is 3.09. The van der Waals surface area contributed by atoms with Gasteiger partial charge >= 0.3 is 0 Å². The van der Waals surface area contributed by atoms with E-state index in [0.717, 1.165) is 11.6 Å². The van der Waals surface area contributed by atoms with Crippen molar-refractivity contribution in [1.82, 2.24) is 0 Å². The van der Waals surface area contributed by atoms with Crippen molar-refractivity contribution in [2.45, 2.75) is 36.3 Å². The number of rotatable bonds is 2. The Morgan fingerprint density at radius 2 is 2.00 bits per heavy atom. The Morgan fingerprint density at radius 1 is 1.24 bits per heavy atom. The molecule has 2 aliphatic carbocycles. The van der Waals surface area contributed by atoms with Crippen molar-refractivity contribution in [3.05, 3.63) is 29.8 Å². The van der Waals surface area contributed by atoms with Crippen LogP contribution in [0.4, 0.5) is 0 Å². The maximum absolute atomic E-state index is 9.16. The molecule has 2 aliphatic rings. The van der Waals surface area contributed by atoms with Crippen LogP contribution in [0.2, 0.25) is 0 Å². The van der Waals surface area contributed by atoms with Crippen molar-refractivity contribution in [1.29, 1.82) is 0 Å². The van der Waals surface area contributed by atoms with Gasteiger partial charge in [-0.15, -0.1) is 11.8 Å².